The Labute approximate surface area is 137 Å². The first-order valence-electron chi connectivity index (χ1n) is 8.18. The minimum Gasteiger partial charge on any atom is -0.520 e. The van der Waals surface area contributed by atoms with Gasteiger partial charge >= 0.3 is 8.56 Å². The van der Waals surface area contributed by atoms with Crippen LogP contribution >= 0.6 is 0 Å². The normalized spacial score (nSPS) is 12.8. The van der Waals surface area contributed by atoms with Gasteiger partial charge in [-0.25, -0.2) is 0 Å². The van der Waals surface area contributed by atoms with Crippen LogP contribution < -0.4 is 4.43 Å². The lowest BCUT2D eigenvalue weighted by molar-refractivity contribution is 0.246. The van der Waals surface area contributed by atoms with Crippen LogP contribution in [0, 0.1) is 0 Å². The van der Waals surface area contributed by atoms with Crippen LogP contribution in [-0.2, 0) is 9.84 Å². The molecule has 0 heterocycles. The van der Waals surface area contributed by atoms with Crippen molar-refractivity contribution in [3.8, 4) is 5.75 Å². The van der Waals surface area contributed by atoms with Crippen LogP contribution in [0.15, 0.2) is 36.9 Å². The number of rotatable bonds is 7. The van der Waals surface area contributed by atoms with Crippen molar-refractivity contribution in [1.29, 1.82) is 0 Å². The van der Waals surface area contributed by atoms with Crippen LogP contribution in [0.2, 0.25) is 11.1 Å². The van der Waals surface area contributed by atoms with Gasteiger partial charge in [-0.1, -0.05) is 66.7 Å². The fourth-order valence-electron chi connectivity index (χ4n) is 2.66. The summed E-state index contributed by atoms with van der Waals surface area (Å²) in [4.78, 5) is 0. The highest BCUT2D eigenvalue weighted by Crippen LogP contribution is 2.36. The predicted octanol–water partition coefficient (Wildman–Crippen LogP) is 5.83. The van der Waals surface area contributed by atoms with Crippen LogP contribution in [-0.4, -0.2) is 15.2 Å². The third kappa shape index (κ3) is 4.47. The molecule has 1 aromatic carbocycles. The van der Waals surface area contributed by atoms with E-state index in [2.05, 4.69) is 79.3 Å². The van der Waals surface area contributed by atoms with Gasteiger partial charge in [0.2, 0.25) is 0 Å². The Morgan fingerprint density at radius 2 is 1.55 bits per heavy atom. The van der Waals surface area contributed by atoms with Crippen molar-refractivity contribution in [3.63, 3.8) is 0 Å². The molecule has 3 heteroatoms. The Hall–Kier alpha value is -1.06. The third-order valence-corrected chi connectivity index (χ3v) is 8.43. The fourth-order valence-corrected chi connectivity index (χ4v) is 6.07. The molecule has 0 radical (unpaired) electrons. The van der Waals surface area contributed by atoms with Crippen molar-refractivity contribution < 1.29 is 8.85 Å². The molecular weight excluding hydrogens is 288 g/mol. The van der Waals surface area contributed by atoms with Gasteiger partial charge in [-0.05, 0) is 23.1 Å². The maximum absolute atomic E-state index is 6.46. The van der Waals surface area contributed by atoms with Gasteiger partial charge < -0.3 is 8.85 Å². The van der Waals surface area contributed by atoms with Crippen LogP contribution in [0.3, 0.4) is 0 Å². The monoisotopic (exact) mass is 320 g/mol. The Kier molecular flexibility index (Phi) is 6.45. The first-order chi connectivity index (χ1) is 10.1. The summed E-state index contributed by atoms with van der Waals surface area (Å²) in [5.41, 5.74) is 2.21. The Morgan fingerprint density at radius 1 is 1.05 bits per heavy atom. The van der Waals surface area contributed by atoms with E-state index in [0.717, 1.165) is 5.75 Å². The highest BCUT2D eigenvalue weighted by molar-refractivity contribution is 6.70. The maximum Gasteiger partial charge on any atom is 0.404 e. The van der Waals surface area contributed by atoms with Crippen LogP contribution in [0.1, 0.15) is 54.0 Å². The second-order valence-electron chi connectivity index (χ2n) is 7.51. The summed E-state index contributed by atoms with van der Waals surface area (Å²) in [6, 6.07) is 8.46. The molecule has 0 aliphatic rings. The molecule has 0 bridgehead atoms. The van der Waals surface area contributed by atoms with Gasteiger partial charge in [0.05, 0.1) is 6.61 Å². The van der Waals surface area contributed by atoms with Crippen molar-refractivity contribution in [2.24, 2.45) is 0 Å². The number of hydrogen-bond donors (Lipinski definition) is 0. The first-order valence-corrected chi connectivity index (χ1v) is 10.1. The van der Waals surface area contributed by atoms with Gasteiger partial charge in [0, 0.05) is 11.1 Å². The average Bonchev–Trinajstić information content (AvgIpc) is 2.42. The van der Waals surface area contributed by atoms with Gasteiger partial charge in [-0.2, -0.15) is 0 Å². The van der Waals surface area contributed by atoms with Gasteiger partial charge in [0.1, 0.15) is 5.75 Å². The van der Waals surface area contributed by atoms with Crippen molar-refractivity contribution in [3.05, 3.63) is 42.5 Å². The van der Waals surface area contributed by atoms with E-state index in [1.54, 1.807) is 6.08 Å². The second kappa shape index (κ2) is 7.47. The lowest BCUT2D eigenvalue weighted by Gasteiger charge is -2.37. The molecule has 22 heavy (non-hydrogen) atoms. The minimum atomic E-state index is -2.35. The Morgan fingerprint density at radius 3 is 1.91 bits per heavy atom. The zero-order valence-corrected chi connectivity index (χ0v) is 16.3. The Bertz CT molecular complexity index is 461. The summed E-state index contributed by atoms with van der Waals surface area (Å²) in [7, 11) is -2.35. The summed E-state index contributed by atoms with van der Waals surface area (Å²) < 4.78 is 12.7. The quantitative estimate of drug-likeness (QED) is 0.465. The topological polar surface area (TPSA) is 18.5 Å². The molecule has 0 aromatic heterocycles. The maximum atomic E-state index is 6.46. The number of benzene rings is 1. The van der Waals surface area contributed by atoms with Gasteiger partial charge in [-0.3, -0.25) is 0 Å². The smallest absolute Gasteiger partial charge is 0.404 e. The lowest BCUT2D eigenvalue weighted by Crippen LogP contribution is -2.51. The fraction of sp³-hybridized carbons (Fsp3) is 0.579. The van der Waals surface area contributed by atoms with Gasteiger partial charge in [0.15, 0.2) is 0 Å². The van der Waals surface area contributed by atoms with Crippen LogP contribution in [0.5, 0.6) is 5.75 Å². The molecule has 0 aliphatic heterocycles. The van der Waals surface area contributed by atoms with E-state index in [1.165, 1.54) is 5.56 Å². The molecule has 0 spiro atoms. The zero-order chi connectivity index (χ0) is 17.0. The molecule has 124 valence electrons. The SMILES string of the molecule is C=CCO[Si](Oc1ccc(C(C)(C)C)cc1)(C(C)C)C(C)C. The molecule has 0 amide bonds. The molecule has 0 aliphatic carbocycles. The van der Waals surface area contributed by atoms with Crippen LogP contribution in [0.25, 0.3) is 0 Å². The van der Waals surface area contributed by atoms with Gasteiger partial charge in [0.25, 0.3) is 0 Å². The highest BCUT2D eigenvalue weighted by atomic mass is 28.4. The van der Waals surface area contributed by atoms with Crippen molar-refractivity contribution in [1.82, 2.24) is 0 Å². The molecule has 0 atom stereocenters. The summed E-state index contributed by atoms with van der Waals surface area (Å²) in [5, 5.41) is 0. The minimum absolute atomic E-state index is 0.155. The van der Waals surface area contributed by atoms with E-state index in [9.17, 15) is 0 Å². The van der Waals surface area contributed by atoms with E-state index in [-0.39, 0.29) is 5.41 Å². The molecule has 0 saturated heterocycles. The van der Waals surface area contributed by atoms with Crippen molar-refractivity contribution in [2.45, 2.75) is 65.0 Å². The molecule has 0 fully saturated rings. The van der Waals surface area contributed by atoms with E-state index < -0.39 is 8.56 Å². The molecule has 1 aromatic rings. The average molecular weight is 321 g/mol. The zero-order valence-electron chi connectivity index (χ0n) is 15.3. The Balaban J connectivity index is 3.05. The predicted molar refractivity (Wildman–Crippen MR) is 97.9 cm³/mol. The van der Waals surface area contributed by atoms with E-state index in [0.29, 0.717) is 17.7 Å². The van der Waals surface area contributed by atoms with E-state index in [4.69, 9.17) is 8.85 Å². The third-order valence-electron chi connectivity index (χ3n) is 4.03. The molecule has 0 saturated carbocycles. The van der Waals surface area contributed by atoms with Crippen LogP contribution in [0.4, 0.5) is 0 Å². The van der Waals surface area contributed by atoms with E-state index in [1.807, 2.05) is 0 Å². The lowest BCUT2D eigenvalue weighted by atomic mass is 9.87. The molecule has 0 unspecified atom stereocenters. The molecular formula is C19H32O2Si. The van der Waals surface area contributed by atoms with Crippen molar-refractivity contribution >= 4 is 8.56 Å². The first kappa shape index (κ1) is 19.0. The summed E-state index contributed by atoms with van der Waals surface area (Å²) in [6.45, 7) is 19.7. The van der Waals surface area contributed by atoms with Crippen molar-refractivity contribution in [2.75, 3.05) is 6.61 Å². The number of hydrogen-bond acceptors (Lipinski definition) is 2. The molecule has 2 nitrogen and oxygen atoms in total. The summed E-state index contributed by atoms with van der Waals surface area (Å²) in [6.07, 6.45) is 1.80. The molecule has 1 rings (SSSR count). The summed E-state index contributed by atoms with van der Waals surface area (Å²) >= 11 is 0. The second-order valence-corrected chi connectivity index (χ2v) is 11.8. The largest absolute Gasteiger partial charge is 0.520 e. The van der Waals surface area contributed by atoms with Gasteiger partial charge in [-0.15, -0.1) is 6.58 Å². The summed E-state index contributed by atoms with van der Waals surface area (Å²) in [5.74, 6) is 0.908. The highest BCUT2D eigenvalue weighted by Gasteiger charge is 2.47. The standard InChI is InChI=1S/C19H32O2Si/c1-9-14-20-22(15(2)3,16(4)5)21-18-12-10-17(11-13-18)19(6,7)8/h9-13,15-16H,1,14H2,2-8H3. The van der Waals surface area contributed by atoms with E-state index >= 15 is 0 Å². The molecule has 0 N–H and O–H groups in total.